The van der Waals surface area contributed by atoms with E-state index in [2.05, 4.69) is 318 Å². The van der Waals surface area contributed by atoms with E-state index >= 15 is 0 Å². The largest absolute Gasteiger partial charge is 0.342 e. The molecule has 0 unspecified atom stereocenters. The average molecular weight is 1330 g/mol. The van der Waals surface area contributed by atoms with Crippen molar-refractivity contribution in [1.82, 2.24) is 15.0 Å². The molecule has 13 aromatic carbocycles. The summed E-state index contributed by atoms with van der Waals surface area (Å²) in [5.41, 5.74) is 32.6. The predicted molar refractivity (Wildman–Crippen MR) is 431 cm³/mol. The topological polar surface area (TPSA) is 41.6 Å². The van der Waals surface area contributed by atoms with E-state index in [4.69, 9.17) is 0 Å². The van der Waals surface area contributed by atoms with Crippen LogP contribution in [0, 0.1) is 48.5 Å². The van der Waals surface area contributed by atoms with Gasteiger partial charge in [0.15, 0.2) is 0 Å². The van der Waals surface area contributed by atoms with Crippen molar-refractivity contribution in [2.75, 3.05) is 0 Å². The lowest BCUT2D eigenvalue weighted by Crippen LogP contribution is -2.30. The Hall–Kier alpha value is -10.8. The van der Waals surface area contributed by atoms with Gasteiger partial charge in [-0.2, -0.15) is 0 Å². The molecule has 19 rings (SSSR count). The second kappa shape index (κ2) is 30.8. The van der Waals surface area contributed by atoms with Gasteiger partial charge in [0.2, 0.25) is 0 Å². The molecule has 0 saturated heterocycles. The van der Waals surface area contributed by atoms with Crippen LogP contribution >= 0.6 is 11.3 Å². The van der Waals surface area contributed by atoms with Crippen LogP contribution in [0.5, 0.6) is 0 Å². The van der Waals surface area contributed by atoms with E-state index < -0.39 is 0 Å². The van der Waals surface area contributed by atoms with Crippen molar-refractivity contribution in [2.45, 2.75) is 111 Å². The molecule has 1 saturated carbocycles. The van der Waals surface area contributed by atoms with Crippen LogP contribution in [0.25, 0.3) is 65.8 Å². The molecule has 4 aliphatic carbocycles. The molecule has 500 valence electrons. The minimum absolute atomic E-state index is 0.151. The Morgan fingerprint density at radius 1 is 0.307 bits per heavy atom. The Morgan fingerprint density at radius 2 is 0.703 bits per heavy atom. The van der Waals surface area contributed by atoms with Crippen LogP contribution in [0.2, 0.25) is 0 Å². The summed E-state index contributed by atoms with van der Waals surface area (Å²) in [6.45, 7) is 19.3. The number of para-hydroxylation sites is 3. The molecular weight excluding hydrogens is 1240 g/mol. The summed E-state index contributed by atoms with van der Waals surface area (Å²) in [4.78, 5) is 11.7. The molecule has 3 nitrogen and oxygen atoms in total. The fourth-order valence-electron chi connectivity index (χ4n) is 15.5. The molecule has 4 aliphatic rings. The molecule has 0 amide bonds. The van der Waals surface area contributed by atoms with Crippen molar-refractivity contribution in [3.05, 3.63) is 405 Å². The number of hydrogen-bond donors (Lipinski definition) is 1. The Balaban J connectivity index is 0.000000109. The molecule has 4 heteroatoms. The summed E-state index contributed by atoms with van der Waals surface area (Å²) in [6, 6.07) is 115. The number of fused-ring (bicyclic) bond motifs is 15. The van der Waals surface area contributed by atoms with Crippen molar-refractivity contribution in [1.29, 1.82) is 0 Å². The summed E-state index contributed by atoms with van der Waals surface area (Å²) < 4.78 is 1.28. The fraction of sp³-hybridized carbons (Fsp3) is 0.175. The lowest BCUT2D eigenvalue weighted by atomic mass is 9.65. The van der Waals surface area contributed by atoms with E-state index in [-0.39, 0.29) is 16.2 Å². The van der Waals surface area contributed by atoms with E-state index in [9.17, 15) is 0 Å². The van der Waals surface area contributed by atoms with E-state index in [1.54, 1.807) is 11.3 Å². The average Bonchev–Trinajstić information content (AvgIpc) is 1.51. The third-order valence-corrected chi connectivity index (χ3v) is 21.5. The van der Waals surface area contributed by atoms with E-state index in [0.29, 0.717) is 0 Å². The molecule has 0 radical (unpaired) electrons. The monoisotopic (exact) mass is 1330 g/mol. The number of hydrogen-bond acceptors (Lipinski definition) is 3. The number of nitrogens with zero attached hydrogens (tertiary/aromatic N) is 2. The van der Waals surface area contributed by atoms with Gasteiger partial charge in [0.25, 0.3) is 0 Å². The molecule has 2 aromatic heterocycles. The van der Waals surface area contributed by atoms with Crippen LogP contribution in [0.1, 0.15) is 129 Å². The Labute approximate surface area is 603 Å². The highest BCUT2D eigenvalue weighted by Gasteiger charge is 2.51. The van der Waals surface area contributed by atoms with Crippen molar-refractivity contribution < 1.29 is 0 Å². The molecule has 0 aliphatic heterocycles. The number of aromatic nitrogens is 3. The van der Waals surface area contributed by atoms with Crippen LogP contribution in [0.3, 0.4) is 0 Å². The quantitative estimate of drug-likeness (QED) is 0.192. The van der Waals surface area contributed by atoms with Gasteiger partial charge in [-0.25, -0.2) is 9.97 Å². The molecule has 2 heterocycles. The van der Waals surface area contributed by atoms with Gasteiger partial charge in [-0.05, 0) is 175 Å². The van der Waals surface area contributed by atoms with Gasteiger partial charge in [0.05, 0.1) is 31.7 Å². The van der Waals surface area contributed by atoms with Crippen molar-refractivity contribution in [2.24, 2.45) is 0 Å². The first-order valence-corrected chi connectivity index (χ1v) is 36.6. The zero-order chi connectivity index (χ0) is 69.9. The summed E-state index contributed by atoms with van der Waals surface area (Å²) in [5, 5.41) is 1.14. The molecular formula is C97H91N3S. The molecule has 1 fully saturated rings. The molecule has 101 heavy (non-hydrogen) atoms. The van der Waals surface area contributed by atoms with E-state index in [0.717, 1.165) is 27.4 Å². The van der Waals surface area contributed by atoms with Crippen LogP contribution in [0.4, 0.5) is 0 Å². The lowest BCUT2D eigenvalue weighted by molar-refractivity contribution is 0.346. The van der Waals surface area contributed by atoms with Crippen LogP contribution in [0.15, 0.2) is 322 Å². The van der Waals surface area contributed by atoms with Gasteiger partial charge in [-0.15, -0.1) is 11.3 Å². The maximum atomic E-state index is 4.33. The van der Waals surface area contributed by atoms with Crippen molar-refractivity contribution in [3.63, 3.8) is 0 Å². The third kappa shape index (κ3) is 14.7. The number of benzene rings is 13. The summed E-state index contributed by atoms with van der Waals surface area (Å²) >= 11 is 1.74. The number of nitrogens with one attached hydrogen (secondary N) is 1. The SMILES string of the molecule is Cc1ccc(-c2ccccc2)cc1.Cc1ccc(C2(c3ccccc3)CCCCC2)cc1.Cc1ccc2c(c1)C(C)(C)c1ccccc1-2.Cc1ccc2c(c1)C1(c3ccccc3-c3ccccc31)c1ccccc1-2.Cc1ccccc1.Cc1nc2ccccc2[nH]1.Cc1nc2ccccc2s1. The van der Waals surface area contributed by atoms with Crippen LogP contribution in [-0.2, 0) is 16.2 Å². The number of imidazole rings is 1. The number of rotatable bonds is 3. The van der Waals surface area contributed by atoms with Gasteiger partial charge in [0, 0.05) is 10.8 Å². The number of thiazole rings is 1. The minimum Gasteiger partial charge on any atom is -0.342 e. The zero-order valence-corrected chi connectivity index (χ0v) is 60.8. The first-order chi connectivity index (χ1) is 49.2. The summed E-state index contributed by atoms with van der Waals surface area (Å²) in [7, 11) is 0. The van der Waals surface area contributed by atoms with Crippen LogP contribution < -0.4 is 0 Å². The fourth-order valence-corrected chi connectivity index (χ4v) is 16.4. The minimum atomic E-state index is -0.189. The third-order valence-electron chi connectivity index (χ3n) is 20.5. The second-order valence-electron chi connectivity index (χ2n) is 28.0. The molecule has 1 spiro atoms. The lowest BCUT2D eigenvalue weighted by Gasteiger charge is -2.38. The first kappa shape index (κ1) is 68.7. The molecule has 0 atom stereocenters. The van der Waals surface area contributed by atoms with Gasteiger partial charge >= 0.3 is 0 Å². The zero-order valence-electron chi connectivity index (χ0n) is 59.9. The van der Waals surface area contributed by atoms with Crippen LogP contribution in [-0.4, -0.2) is 15.0 Å². The van der Waals surface area contributed by atoms with E-state index in [1.165, 1.54) is 154 Å². The van der Waals surface area contributed by atoms with Crippen molar-refractivity contribution in [3.8, 4) is 44.5 Å². The highest BCUT2D eigenvalue weighted by atomic mass is 32.1. The first-order valence-electron chi connectivity index (χ1n) is 35.8. The maximum Gasteiger partial charge on any atom is 0.104 e. The van der Waals surface area contributed by atoms with Gasteiger partial charge in [-0.1, -0.05) is 358 Å². The Morgan fingerprint density at radius 3 is 1.24 bits per heavy atom. The van der Waals surface area contributed by atoms with Crippen molar-refractivity contribution >= 4 is 32.6 Å². The highest BCUT2D eigenvalue weighted by Crippen LogP contribution is 2.63. The number of H-pyrrole nitrogens is 1. The maximum absolute atomic E-state index is 4.33. The number of aromatic amines is 1. The second-order valence-corrected chi connectivity index (χ2v) is 29.2. The smallest absolute Gasteiger partial charge is 0.104 e. The standard InChI is InChI=1S/C26H18.C19H22.C16H16.C13H12.C8H8N2.C8H7NS.C7H8/c1-17-14-15-21-20-10-4-7-13-24(20)26(25(21)16-17)22-11-5-2-8-18(22)19-9-3-6-12-23(19)26;1-16-10-12-18(13-11-16)19(14-6-3-7-15-19)17-8-4-2-5-9-17;1-11-8-9-13-12-6-4-5-7-14(12)16(2,3)15(13)10-11;1-11-7-9-13(10-8-11)12-5-3-2-4-6-12;2*1-6-9-7-4-2-3-5-8(7)10-6;1-7-5-3-2-4-6-7/h2-16H,1H3;2,4-5,8-13H,3,6-7,14-15H2,1H3;4-10H,1-3H3;2-10H,1H3;2-5H,1H3,(H,9,10);2-5H,1H3;2-6H,1H3. The molecule has 15 aromatic rings. The predicted octanol–water partition coefficient (Wildman–Crippen LogP) is 26.0. The van der Waals surface area contributed by atoms with E-state index in [1.807, 2.05) is 80.6 Å². The Bertz CT molecular complexity index is 5040. The molecule has 1 N–H and O–H groups in total. The van der Waals surface area contributed by atoms with Gasteiger partial charge in [-0.3, -0.25) is 0 Å². The summed E-state index contributed by atoms with van der Waals surface area (Å²) in [5.74, 6) is 0.973. The van der Waals surface area contributed by atoms with Gasteiger partial charge in [0.1, 0.15) is 5.82 Å². The highest BCUT2D eigenvalue weighted by molar-refractivity contribution is 7.18. The number of aryl methyl sites for hydroxylation is 7. The summed E-state index contributed by atoms with van der Waals surface area (Å²) in [6.07, 6.45) is 6.67. The molecule has 0 bridgehead atoms. The Kier molecular flexibility index (Phi) is 20.9. The normalized spacial score (nSPS) is 13.6. The van der Waals surface area contributed by atoms with Gasteiger partial charge < -0.3 is 4.98 Å².